The summed E-state index contributed by atoms with van der Waals surface area (Å²) < 4.78 is 13.7. The molecule has 4 rings (SSSR count). The number of morpholine rings is 1. The van der Waals surface area contributed by atoms with Gasteiger partial charge in [0.05, 0.1) is 26.4 Å². The van der Waals surface area contributed by atoms with Crippen LogP contribution in [0.1, 0.15) is 30.0 Å². The first-order valence-corrected chi connectivity index (χ1v) is 11.0. The number of nitrogens with zero attached hydrogens (tertiary/aromatic N) is 3. The molecule has 0 unspecified atom stereocenters. The monoisotopic (exact) mass is 405 g/mol. The lowest BCUT2D eigenvalue weighted by atomic mass is 10.1. The smallest absolute Gasteiger partial charge is 0.122 e. The molecule has 0 saturated carbocycles. The van der Waals surface area contributed by atoms with Crippen LogP contribution >= 0.6 is 0 Å². The van der Waals surface area contributed by atoms with Gasteiger partial charge in [-0.1, -0.05) is 37.6 Å². The van der Waals surface area contributed by atoms with E-state index >= 15 is 0 Å². The number of rotatable bonds is 9. The molecule has 2 aromatic carbocycles. The summed E-state index contributed by atoms with van der Waals surface area (Å²) in [5, 5.41) is 4.31. The van der Waals surface area contributed by atoms with Crippen LogP contribution in [0.15, 0.2) is 60.9 Å². The fourth-order valence-electron chi connectivity index (χ4n) is 3.90. The molecule has 0 spiro atoms. The Morgan fingerprint density at radius 3 is 2.70 bits per heavy atom. The fraction of sp³-hybridized carbons (Fsp3) is 0.400. The van der Waals surface area contributed by atoms with Crippen LogP contribution in [0.5, 0.6) is 5.75 Å². The SMILES string of the molecule is CCCc1ccc(Cn2cccn2)cc1OCCc1cccc(N2CCOCC2)c1. The highest BCUT2D eigenvalue weighted by atomic mass is 16.5. The minimum atomic E-state index is 0.675. The summed E-state index contributed by atoms with van der Waals surface area (Å²) in [5.74, 6) is 1.01. The lowest BCUT2D eigenvalue weighted by Crippen LogP contribution is -2.36. The Morgan fingerprint density at radius 2 is 1.90 bits per heavy atom. The minimum Gasteiger partial charge on any atom is -0.493 e. The molecule has 5 heteroatoms. The zero-order valence-corrected chi connectivity index (χ0v) is 17.8. The van der Waals surface area contributed by atoms with Crippen molar-refractivity contribution in [2.75, 3.05) is 37.8 Å². The van der Waals surface area contributed by atoms with Gasteiger partial charge >= 0.3 is 0 Å². The van der Waals surface area contributed by atoms with Crippen LogP contribution in [0.3, 0.4) is 0 Å². The summed E-state index contributed by atoms with van der Waals surface area (Å²) in [6, 6.07) is 17.3. The Labute approximate surface area is 179 Å². The van der Waals surface area contributed by atoms with Crippen molar-refractivity contribution in [2.24, 2.45) is 0 Å². The van der Waals surface area contributed by atoms with Crippen molar-refractivity contribution >= 4 is 5.69 Å². The second-order valence-electron chi connectivity index (χ2n) is 7.76. The molecule has 0 N–H and O–H groups in total. The third-order valence-corrected chi connectivity index (χ3v) is 5.49. The van der Waals surface area contributed by atoms with E-state index in [2.05, 4.69) is 59.4 Å². The Morgan fingerprint density at radius 1 is 1.00 bits per heavy atom. The number of benzene rings is 2. The van der Waals surface area contributed by atoms with Crippen molar-refractivity contribution in [1.82, 2.24) is 9.78 Å². The van der Waals surface area contributed by atoms with Crippen LogP contribution in [0.4, 0.5) is 5.69 Å². The lowest BCUT2D eigenvalue weighted by Gasteiger charge is -2.29. The van der Waals surface area contributed by atoms with Crippen molar-refractivity contribution in [3.63, 3.8) is 0 Å². The molecule has 1 aliphatic heterocycles. The average Bonchev–Trinajstić information content (AvgIpc) is 3.29. The van der Waals surface area contributed by atoms with Crippen molar-refractivity contribution in [3.8, 4) is 5.75 Å². The minimum absolute atomic E-state index is 0.675. The second kappa shape index (κ2) is 10.3. The number of aryl methyl sites for hydroxylation is 1. The van der Waals surface area contributed by atoms with E-state index in [1.807, 2.05) is 23.1 Å². The number of hydrogen-bond donors (Lipinski definition) is 0. The van der Waals surface area contributed by atoms with Crippen molar-refractivity contribution in [2.45, 2.75) is 32.7 Å². The van der Waals surface area contributed by atoms with Crippen molar-refractivity contribution in [1.29, 1.82) is 0 Å². The number of anilines is 1. The molecule has 1 aromatic heterocycles. The van der Waals surface area contributed by atoms with Crippen LogP contribution in [-0.4, -0.2) is 42.7 Å². The molecule has 0 radical (unpaired) electrons. The van der Waals surface area contributed by atoms with Crippen molar-refractivity contribution in [3.05, 3.63) is 77.6 Å². The normalized spacial score (nSPS) is 14.1. The molecule has 5 nitrogen and oxygen atoms in total. The third-order valence-electron chi connectivity index (χ3n) is 5.49. The molecule has 30 heavy (non-hydrogen) atoms. The number of ether oxygens (including phenoxy) is 2. The molecular weight excluding hydrogens is 374 g/mol. The fourth-order valence-corrected chi connectivity index (χ4v) is 3.90. The summed E-state index contributed by atoms with van der Waals surface area (Å²) in [6.45, 7) is 7.18. The summed E-state index contributed by atoms with van der Waals surface area (Å²) in [6.07, 6.45) is 6.84. The van der Waals surface area contributed by atoms with Crippen LogP contribution in [0.2, 0.25) is 0 Å². The van der Waals surface area contributed by atoms with Gasteiger partial charge in [0.15, 0.2) is 0 Å². The maximum atomic E-state index is 6.28. The van der Waals surface area contributed by atoms with Gasteiger partial charge < -0.3 is 14.4 Å². The van der Waals surface area contributed by atoms with E-state index in [0.29, 0.717) is 6.61 Å². The Kier molecular flexibility index (Phi) is 7.03. The maximum absolute atomic E-state index is 6.28. The quantitative estimate of drug-likeness (QED) is 0.531. The molecule has 0 atom stereocenters. The largest absolute Gasteiger partial charge is 0.493 e. The molecule has 3 aromatic rings. The molecule has 0 aliphatic carbocycles. The Bertz CT molecular complexity index is 918. The van der Waals surface area contributed by atoms with Crippen LogP contribution in [0.25, 0.3) is 0 Å². The Balaban J connectivity index is 1.40. The van der Waals surface area contributed by atoms with Crippen molar-refractivity contribution < 1.29 is 9.47 Å². The number of aromatic nitrogens is 2. The van der Waals surface area contributed by atoms with E-state index in [9.17, 15) is 0 Å². The van der Waals surface area contributed by atoms with Gasteiger partial charge in [0.1, 0.15) is 5.75 Å². The van der Waals surface area contributed by atoms with Gasteiger partial charge in [0.2, 0.25) is 0 Å². The van der Waals surface area contributed by atoms with Gasteiger partial charge in [-0.3, -0.25) is 4.68 Å². The zero-order valence-electron chi connectivity index (χ0n) is 17.8. The standard InChI is InChI=1S/C25H31N3O2/c1-2-5-23-9-8-22(20-28-12-4-11-26-28)19-25(23)30-15-10-21-6-3-7-24(18-21)27-13-16-29-17-14-27/h3-4,6-9,11-12,18-19H,2,5,10,13-17,20H2,1H3. The highest BCUT2D eigenvalue weighted by Gasteiger charge is 2.11. The molecule has 0 bridgehead atoms. The van der Waals surface area contributed by atoms with E-state index < -0.39 is 0 Å². The van der Waals surface area contributed by atoms with Gasteiger partial charge in [-0.2, -0.15) is 5.10 Å². The Hall–Kier alpha value is -2.79. The molecular formula is C25H31N3O2. The predicted octanol–water partition coefficient (Wildman–Crippen LogP) is 4.34. The van der Waals surface area contributed by atoms with E-state index in [0.717, 1.165) is 57.9 Å². The van der Waals surface area contributed by atoms with Crippen LogP contribution < -0.4 is 9.64 Å². The highest BCUT2D eigenvalue weighted by Crippen LogP contribution is 2.24. The first-order chi connectivity index (χ1) is 14.8. The predicted molar refractivity (Wildman–Crippen MR) is 120 cm³/mol. The third kappa shape index (κ3) is 5.42. The van der Waals surface area contributed by atoms with Gasteiger partial charge in [0.25, 0.3) is 0 Å². The average molecular weight is 406 g/mol. The first-order valence-electron chi connectivity index (χ1n) is 11.0. The molecule has 1 saturated heterocycles. The van der Waals surface area contributed by atoms with E-state index in [1.54, 1.807) is 0 Å². The molecule has 1 aliphatic rings. The number of hydrogen-bond acceptors (Lipinski definition) is 4. The second-order valence-corrected chi connectivity index (χ2v) is 7.76. The lowest BCUT2D eigenvalue weighted by molar-refractivity contribution is 0.122. The van der Waals surface area contributed by atoms with E-state index in [1.165, 1.54) is 22.4 Å². The van der Waals surface area contributed by atoms with Gasteiger partial charge in [0, 0.05) is 37.6 Å². The zero-order chi connectivity index (χ0) is 20.6. The molecule has 2 heterocycles. The van der Waals surface area contributed by atoms with E-state index in [4.69, 9.17) is 9.47 Å². The highest BCUT2D eigenvalue weighted by molar-refractivity contribution is 5.49. The molecule has 0 amide bonds. The maximum Gasteiger partial charge on any atom is 0.122 e. The van der Waals surface area contributed by atoms with Gasteiger partial charge in [-0.25, -0.2) is 0 Å². The van der Waals surface area contributed by atoms with Gasteiger partial charge in [-0.05, 0) is 47.4 Å². The van der Waals surface area contributed by atoms with E-state index in [-0.39, 0.29) is 0 Å². The molecule has 1 fully saturated rings. The first kappa shape index (κ1) is 20.5. The topological polar surface area (TPSA) is 39.5 Å². The van der Waals surface area contributed by atoms with Crippen LogP contribution in [-0.2, 0) is 24.1 Å². The van der Waals surface area contributed by atoms with Crippen LogP contribution in [0, 0.1) is 0 Å². The summed E-state index contributed by atoms with van der Waals surface area (Å²) in [4.78, 5) is 2.39. The summed E-state index contributed by atoms with van der Waals surface area (Å²) in [7, 11) is 0. The summed E-state index contributed by atoms with van der Waals surface area (Å²) >= 11 is 0. The van der Waals surface area contributed by atoms with Gasteiger partial charge in [-0.15, -0.1) is 0 Å². The summed E-state index contributed by atoms with van der Waals surface area (Å²) in [5.41, 5.74) is 5.08. The molecule has 158 valence electrons.